The van der Waals surface area contributed by atoms with Gasteiger partial charge in [-0.1, -0.05) is 29.3 Å². The summed E-state index contributed by atoms with van der Waals surface area (Å²) in [4.78, 5) is 5.04. The number of rotatable bonds is 4. The third kappa shape index (κ3) is 4.29. The van der Waals surface area contributed by atoms with Crippen LogP contribution in [0.3, 0.4) is 0 Å². The summed E-state index contributed by atoms with van der Waals surface area (Å²) in [5.74, 6) is 0. The van der Waals surface area contributed by atoms with E-state index in [0.29, 0.717) is 12.1 Å². The van der Waals surface area contributed by atoms with Crippen molar-refractivity contribution in [2.24, 2.45) is 5.73 Å². The number of hydrogen-bond donors (Lipinski definition) is 1. The van der Waals surface area contributed by atoms with E-state index in [-0.39, 0.29) is 6.04 Å². The summed E-state index contributed by atoms with van der Waals surface area (Å²) in [6, 6.07) is 8.08. The second-order valence-electron chi connectivity index (χ2n) is 6.94. The molecule has 3 atom stereocenters. The molecule has 1 aromatic carbocycles. The van der Waals surface area contributed by atoms with Gasteiger partial charge in [-0.2, -0.15) is 0 Å². The van der Waals surface area contributed by atoms with Gasteiger partial charge in [0, 0.05) is 37.8 Å². The standard InChI is InChI=1S/C18H31N3/c1-13-8-14(2)10-17(9-13)18(19)6-7-21-11-15(3)20(5)16(4)12-21/h8-10,15-16,18H,6-7,11-12,19H2,1-5H3. The summed E-state index contributed by atoms with van der Waals surface area (Å²) >= 11 is 0. The molecule has 3 heteroatoms. The normalized spacial score (nSPS) is 26.0. The maximum absolute atomic E-state index is 6.41. The van der Waals surface area contributed by atoms with E-state index in [2.05, 4.69) is 62.7 Å². The fourth-order valence-electron chi connectivity index (χ4n) is 3.41. The number of aryl methyl sites for hydroxylation is 2. The third-order valence-corrected chi connectivity index (χ3v) is 4.86. The molecule has 1 fully saturated rings. The molecule has 118 valence electrons. The van der Waals surface area contributed by atoms with Crippen LogP contribution >= 0.6 is 0 Å². The first-order valence-corrected chi connectivity index (χ1v) is 8.15. The van der Waals surface area contributed by atoms with Gasteiger partial charge in [-0.25, -0.2) is 0 Å². The van der Waals surface area contributed by atoms with Gasteiger partial charge in [0.2, 0.25) is 0 Å². The van der Waals surface area contributed by atoms with E-state index in [9.17, 15) is 0 Å². The van der Waals surface area contributed by atoms with Gasteiger partial charge in [-0.3, -0.25) is 4.90 Å². The quantitative estimate of drug-likeness (QED) is 0.925. The predicted octanol–water partition coefficient (Wildman–Crippen LogP) is 2.72. The van der Waals surface area contributed by atoms with Crippen molar-refractivity contribution in [2.75, 3.05) is 26.7 Å². The van der Waals surface area contributed by atoms with Gasteiger partial charge in [0.05, 0.1) is 0 Å². The van der Waals surface area contributed by atoms with Gasteiger partial charge in [0.1, 0.15) is 0 Å². The van der Waals surface area contributed by atoms with E-state index in [0.717, 1.165) is 26.1 Å². The predicted molar refractivity (Wildman–Crippen MR) is 90.6 cm³/mol. The van der Waals surface area contributed by atoms with Crippen molar-refractivity contribution < 1.29 is 0 Å². The second-order valence-corrected chi connectivity index (χ2v) is 6.94. The molecular weight excluding hydrogens is 258 g/mol. The van der Waals surface area contributed by atoms with Crippen LogP contribution in [-0.2, 0) is 0 Å². The fraction of sp³-hybridized carbons (Fsp3) is 0.667. The number of piperazine rings is 1. The Morgan fingerprint density at radius 3 is 2.14 bits per heavy atom. The van der Waals surface area contributed by atoms with Crippen LogP contribution in [0, 0.1) is 13.8 Å². The fourth-order valence-corrected chi connectivity index (χ4v) is 3.41. The maximum atomic E-state index is 6.41. The highest BCUT2D eigenvalue weighted by Gasteiger charge is 2.26. The van der Waals surface area contributed by atoms with Crippen molar-refractivity contribution in [3.63, 3.8) is 0 Å². The highest BCUT2D eigenvalue weighted by atomic mass is 15.3. The summed E-state index contributed by atoms with van der Waals surface area (Å²) in [5, 5.41) is 0. The van der Waals surface area contributed by atoms with Crippen LogP contribution < -0.4 is 5.73 Å². The minimum atomic E-state index is 0.147. The molecule has 1 heterocycles. The minimum Gasteiger partial charge on any atom is -0.324 e. The smallest absolute Gasteiger partial charge is 0.0307 e. The van der Waals surface area contributed by atoms with Crippen LogP contribution in [0.1, 0.15) is 43.0 Å². The van der Waals surface area contributed by atoms with Crippen molar-refractivity contribution in [1.29, 1.82) is 0 Å². The molecule has 0 spiro atoms. The number of likely N-dealkylation sites (N-methyl/N-ethyl adjacent to an activating group) is 1. The van der Waals surface area contributed by atoms with Crippen LogP contribution in [-0.4, -0.2) is 48.6 Å². The largest absolute Gasteiger partial charge is 0.324 e. The summed E-state index contributed by atoms with van der Waals surface area (Å²) in [6.45, 7) is 12.3. The monoisotopic (exact) mass is 289 g/mol. The van der Waals surface area contributed by atoms with Gasteiger partial charge in [-0.15, -0.1) is 0 Å². The molecule has 1 aliphatic heterocycles. The Hall–Kier alpha value is -0.900. The summed E-state index contributed by atoms with van der Waals surface area (Å²) in [5.41, 5.74) is 10.3. The first-order chi connectivity index (χ1) is 9.86. The molecule has 0 aliphatic carbocycles. The molecule has 1 aliphatic rings. The Kier molecular flexibility index (Phi) is 5.42. The number of nitrogens with two attached hydrogens (primary N) is 1. The Bertz CT molecular complexity index is 439. The van der Waals surface area contributed by atoms with Gasteiger partial charge >= 0.3 is 0 Å². The highest BCUT2D eigenvalue weighted by Crippen LogP contribution is 2.20. The molecule has 0 saturated carbocycles. The van der Waals surface area contributed by atoms with E-state index < -0.39 is 0 Å². The summed E-state index contributed by atoms with van der Waals surface area (Å²) in [7, 11) is 2.23. The van der Waals surface area contributed by atoms with E-state index in [1.165, 1.54) is 16.7 Å². The topological polar surface area (TPSA) is 32.5 Å². The first kappa shape index (κ1) is 16.5. The van der Waals surface area contributed by atoms with Crippen molar-refractivity contribution in [3.05, 3.63) is 34.9 Å². The molecule has 2 N–H and O–H groups in total. The van der Waals surface area contributed by atoms with Crippen LogP contribution in [0.25, 0.3) is 0 Å². The van der Waals surface area contributed by atoms with E-state index in [1.807, 2.05) is 0 Å². The molecule has 1 saturated heterocycles. The van der Waals surface area contributed by atoms with Crippen LogP contribution in [0.15, 0.2) is 18.2 Å². The average molecular weight is 289 g/mol. The first-order valence-electron chi connectivity index (χ1n) is 8.15. The van der Waals surface area contributed by atoms with E-state index in [1.54, 1.807) is 0 Å². The molecule has 3 nitrogen and oxygen atoms in total. The minimum absolute atomic E-state index is 0.147. The maximum Gasteiger partial charge on any atom is 0.0307 e. The lowest BCUT2D eigenvalue weighted by molar-refractivity contribution is 0.0584. The van der Waals surface area contributed by atoms with Gasteiger partial charge in [-0.05, 0) is 46.7 Å². The molecule has 1 aromatic rings. The lowest BCUT2D eigenvalue weighted by Crippen LogP contribution is -2.55. The molecule has 0 bridgehead atoms. The summed E-state index contributed by atoms with van der Waals surface area (Å²) < 4.78 is 0. The van der Waals surface area contributed by atoms with Gasteiger partial charge in [0.15, 0.2) is 0 Å². The van der Waals surface area contributed by atoms with E-state index >= 15 is 0 Å². The van der Waals surface area contributed by atoms with Crippen molar-refractivity contribution in [1.82, 2.24) is 9.80 Å². The second kappa shape index (κ2) is 6.91. The molecule has 3 unspecified atom stereocenters. The van der Waals surface area contributed by atoms with Crippen LogP contribution in [0.4, 0.5) is 0 Å². The Labute approximate surface area is 130 Å². The van der Waals surface area contributed by atoms with Crippen molar-refractivity contribution in [2.45, 2.75) is 52.2 Å². The summed E-state index contributed by atoms with van der Waals surface area (Å²) in [6.07, 6.45) is 1.03. The lowest BCUT2D eigenvalue weighted by Gasteiger charge is -2.42. The van der Waals surface area contributed by atoms with Gasteiger partial charge in [0.25, 0.3) is 0 Å². The third-order valence-electron chi connectivity index (χ3n) is 4.86. The molecular formula is C18H31N3. The average Bonchev–Trinajstić information content (AvgIpc) is 2.40. The number of nitrogens with zero attached hydrogens (tertiary/aromatic N) is 2. The molecule has 0 amide bonds. The number of benzene rings is 1. The zero-order valence-electron chi connectivity index (χ0n) is 14.3. The lowest BCUT2D eigenvalue weighted by atomic mass is 9.99. The van der Waals surface area contributed by atoms with Gasteiger partial charge < -0.3 is 10.6 Å². The molecule has 0 aromatic heterocycles. The molecule has 2 rings (SSSR count). The van der Waals surface area contributed by atoms with Crippen LogP contribution in [0.2, 0.25) is 0 Å². The molecule has 21 heavy (non-hydrogen) atoms. The Morgan fingerprint density at radius 1 is 1.10 bits per heavy atom. The van der Waals surface area contributed by atoms with E-state index in [4.69, 9.17) is 5.73 Å². The Morgan fingerprint density at radius 2 is 1.62 bits per heavy atom. The Balaban J connectivity index is 1.90. The SMILES string of the molecule is Cc1cc(C)cc(C(N)CCN2CC(C)N(C)C(C)C2)c1. The zero-order valence-corrected chi connectivity index (χ0v) is 14.3. The molecule has 0 radical (unpaired) electrons. The van der Waals surface area contributed by atoms with Crippen LogP contribution in [0.5, 0.6) is 0 Å². The number of hydrogen-bond acceptors (Lipinski definition) is 3. The van der Waals surface area contributed by atoms with Crippen molar-refractivity contribution >= 4 is 0 Å². The highest BCUT2D eigenvalue weighted by molar-refractivity contribution is 5.30. The van der Waals surface area contributed by atoms with Crippen molar-refractivity contribution in [3.8, 4) is 0 Å². The zero-order chi connectivity index (χ0) is 15.6.